The van der Waals surface area contributed by atoms with Crippen molar-refractivity contribution in [1.29, 1.82) is 0 Å². The third-order valence-electron chi connectivity index (χ3n) is 3.18. The number of nitrogens with zero attached hydrogens (tertiary/aromatic N) is 2. The van der Waals surface area contributed by atoms with Crippen LogP contribution < -0.4 is 0 Å². The van der Waals surface area contributed by atoms with Crippen molar-refractivity contribution in [2.75, 3.05) is 6.61 Å². The Morgan fingerprint density at radius 3 is 2.76 bits per heavy atom. The maximum atomic E-state index is 11.0. The lowest BCUT2D eigenvalue weighted by Crippen LogP contribution is -2.10. The minimum absolute atomic E-state index is 0.0476. The van der Waals surface area contributed by atoms with E-state index in [1.807, 2.05) is 0 Å². The van der Waals surface area contributed by atoms with Crippen molar-refractivity contribution in [3.8, 4) is 0 Å². The van der Waals surface area contributed by atoms with Crippen molar-refractivity contribution in [1.82, 2.24) is 9.97 Å². The first-order valence-corrected chi connectivity index (χ1v) is 5.98. The lowest BCUT2D eigenvalue weighted by molar-refractivity contribution is 0.0688. The molecule has 1 aromatic heterocycles. The van der Waals surface area contributed by atoms with Crippen molar-refractivity contribution in [3.05, 3.63) is 23.3 Å². The highest BCUT2D eigenvalue weighted by molar-refractivity contribution is 5.85. The van der Waals surface area contributed by atoms with Gasteiger partial charge in [0, 0.05) is 12.5 Å². The molecule has 5 nitrogen and oxygen atoms in total. The summed E-state index contributed by atoms with van der Waals surface area (Å²) >= 11 is 0. The van der Waals surface area contributed by atoms with E-state index in [0.29, 0.717) is 11.7 Å². The summed E-state index contributed by atoms with van der Waals surface area (Å²) in [5, 5.41) is 9.05. The van der Waals surface area contributed by atoms with Gasteiger partial charge in [-0.05, 0) is 31.7 Å². The lowest BCUT2D eigenvalue weighted by atomic mass is 10.1. The Morgan fingerprint density at radius 1 is 1.35 bits per heavy atom. The van der Waals surface area contributed by atoms with Crippen LogP contribution in [0.5, 0.6) is 0 Å². The average molecular weight is 234 g/mol. The SMILES string of the molecule is O=C(O)c1cc([C@@H]2CCCO2)nc(C2CC2)n1. The van der Waals surface area contributed by atoms with Gasteiger partial charge in [-0.2, -0.15) is 0 Å². The molecule has 0 unspecified atom stereocenters. The van der Waals surface area contributed by atoms with Gasteiger partial charge in [-0.1, -0.05) is 0 Å². The number of carbonyl (C=O) groups is 1. The van der Waals surface area contributed by atoms with Crippen molar-refractivity contribution in [3.63, 3.8) is 0 Å². The van der Waals surface area contributed by atoms with Gasteiger partial charge in [-0.15, -0.1) is 0 Å². The zero-order valence-corrected chi connectivity index (χ0v) is 9.43. The zero-order valence-electron chi connectivity index (χ0n) is 9.43. The Hall–Kier alpha value is -1.49. The Labute approximate surface area is 98.8 Å². The van der Waals surface area contributed by atoms with Gasteiger partial charge in [-0.25, -0.2) is 14.8 Å². The van der Waals surface area contributed by atoms with Crippen LogP contribution in [0.2, 0.25) is 0 Å². The predicted molar refractivity (Wildman–Crippen MR) is 58.9 cm³/mol. The quantitative estimate of drug-likeness (QED) is 0.864. The molecule has 2 aliphatic rings. The van der Waals surface area contributed by atoms with Gasteiger partial charge in [0.15, 0.2) is 5.69 Å². The van der Waals surface area contributed by atoms with E-state index < -0.39 is 5.97 Å². The van der Waals surface area contributed by atoms with E-state index in [1.165, 1.54) is 0 Å². The molecule has 1 aliphatic carbocycles. The van der Waals surface area contributed by atoms with Crippen LogP contribution in [0.1, 0.15) is 59.7 Å². The molecule has 1 saturated heterocycles. The zero-order chi connectivity index (χ0) is 11.8. The number of hydrogen-bond acceptors (Lipinski definition) is 4. The van der Waals surface area contributed by atoms with E-state index in [9.17, 15) is 4.79 Å². The maximum absolute atomic E-state index is 11.0. The molecule has 2 heterocycles. The van der Waals surface area contributed by atoms with Gasteiger partial charge in [0.05, 0.1) is 11.8 Å². The monoisotopic (exact) mass is 234 g/mol. The van der Waals surface area contributed by atoms with Crippen LogP contribution in [0.4, 0.5) is 0 Å². The number of rotatable bonds is 3. The summed E-state index contributed by atoms with van der Waals surface area (Å²) in [6.07, 6.45) is 4.01. The molecule has 0 spiro atoms. The fourth-order valence-corrected chi connectivity index (χ4v) is 2.09. The Morgan fingerprint density at radius 2 is 2.18 bits per heavy atom. The fourth-order valence-electron chi connectivity index (χ4n) is 2.09. The number of carboxylic acid groups (broad SMARTS) is 1. The van der Waals surface area contributed by atoms with Crippen molar-refractivity contribution in [2.45, 2.75) is 37.7 Å². The molecule has 0 amide bonds. The molecule has 0 radical (unpaired) electrons. The smallest absolute Gasteiger partial charge is 0.354 e. The van der Waals surface area contributed by atoms with E-state index >= 15 is 0 Å². The third-order valence-corrected chi connectivity index (χ3v) is 3.18. The maximum Gasteiger partial charge on any atom is 0.354 e. The van der Waals surface area contributed by atoms with Crippen molar-refractivity contribution < 1.29 is 14.6 Å². The molecule has 3 rings (SSSR count). The number of aromatic carboxylic acids is 1. The Bertz CT molecular complexity index is 451. The molecule has 1 aromatic rings. The molecule has 0 bridgehead atoms. The summed E-state index contributed by atoms with van der Waals surface area (Å²) in [5.74, 6) is 0.0402. The largest absolute Gasteiger partial charge is 0.477 e. The van der Waals surface area contributed by atoms with E-state index in [4.69, 9.17) is 9.84 Å². The average Bonchev–Trinajstić information content (AvgIpc) is 3.04. The summed E-state index contributed by atoms with van der Waals surface area (Å²) in [6.45, 7) is 0.732. The summed E-state index contributed by atoms with van der Waals surface area (Å²) in [4.78, 5) is 19.6. The highest BCUT2D eigenvalue weighted by Gasteiger charge is 2.30. The third kappa shape index (κ3) is 2.15. The predicted octanol–water partition coefficient (Wildman–Crippen LogP) is 1.90. The van der Waals surface area contributed by atoms with Gasteiger partial charge < -0.3 is 9.84 Å². The van der Waals surface area contributed by atoms with E-state index in [0.717, 1.165) is 38.0 Å². The lowest BCUT2D eigenvalue weighted by Gasteiger charge is -2.10. The Balaban J connectivity index is 1.97. The van der Waals surface area contributed by atoms with Gasteiger partial charge in [0.1, 0.15) is 5.82 Å². The highest BCUT2D eigenvalue weighted by atomic mass is 16.5. The molecular formula is C12H14N2O3. The van der Waals surface area contributed by atoms with Crippen LogP contribution in [0, 0.1) is 0 Å². The van der Waals surface area contributed by atoms with Gasteiger partial charge in [0.2, 0.25) is 0 Å². The van der Waals surface area contributed by atoms with Crippen LogP contribution in [-0.2, 0) is 4.74 Å². The first kappa shape index (κ1) is 10.7. The van der Waals surface area contributed by atoms with Crippen LogP contribution in [0.15, 0.2) is 6.07 Å². The standard InChI is InChI=1S/C12H14N2O3/c15-12(16)9-6-8(10-2-1-5-17-10)13-11(14-9)7-3-4-7/h6-7,10H,1-5H2,(H,15,16)/t10-/m0/s1. The highest BCUT2D eigenvalue weighted by Crippen LogP contribution is 2.39. The summed E-state index contributed by atoms with van der Waals surface area (Å²) < 4.78 is 5.55. The van der Waals surface area contributed by atoms with Crippen LogP contribution in [0.3, 0.4) is 0 Å². The van der Waals surface area contributed by atoms with Crippen molar-refractivity contribution >= 4 is 5.97 Å². The summed E-state index contributed by atoms with van der Waals surface area (Å²) in [7, 11) is 0. The summed E-state index contributed by atoms with van der Waals surface area (Å²) in [6, 6.07) is 1.55. The van der Waals surface area contributed by atoms with E-state index in [2.05, 4.69) is 9.97 Å². The fraction of sp³-hybridized carbons (Fsp3) is 0.583. The van der Waals surface area contributed by atoms with E-state index in [1.54, 1.807) is 6.07 Å². The normalized spacial score (nSPS) is 23.9. The second kappa shape index (κ2) is 4.07. The molecule has 1 aliphatic heterocycles. The first-order chi connectivity index (χ1) is 8.24. The molecule has 1 saturated carbocycles. The minimum atomic E-state index is -0.992. The number of aromatic nitrogens is 2. The summed E-state index contributed by atoms with van der Waals surface area (Å²) in [5.41, 5.74) is 0.823. The number of ether oxygens (including phenoxy) is 1. The Kier molecular flexibility index (Phi) is 2.55. The topological polar surface area (TPSA) is 72.3 Å². The first-order valence-electron chi connectivity index (χ1n) is 5.98. The van der Waals surface area contributed by atoms with Gasteiger partial charge >= 0.3 is 5.97 Å². The van der Waals surface area contributed by atoms with Gasteiger partial charge in [0.25, 0.3) is 0 Å². The molecule has 5 heteroatoms. The molecule has 90 valence electrons. The van der Waals surface area contributed by atoms with Crippen molar-refractivity contribution in [2.24, 2.45) is 0 Å². The van der Waals surface area contributed by atoms with Crippen LogP contribution in [0.25, 0.3) is 0 Å². The molecule has 0 aromatic carbocycles. The molecule has 1 atom stereocenters. The minimum Gasteiger partial charge on any atom is -0.477 e. The van der Waals surface area contributed by atoms with Crippen LogP contribution in [-0.4, -0.2) is 27.7 Å². The second-order valence-electron chi connectivity index (χ2n) is 4.62. The second-order valence-corrected chi connectivity index (χ2v) is 4.62. The van der Waals surface area contributed by atoms with Gasteiger partial charge in [-0.3, -0.25) is 0 Å². The molecule has 1 N–H and O–H groups in total. The molecule has 17 heavy (non-hydrogen) atoms. The van der Waals surface area contributed by atoms with E-state index in [-0.39, 0.29) is 11.8 Å². The number of hydrogen-bond donors (Lipinski definition) is 1. The van der Waals surface area contributed by atoms with Crippen LogP contribution >= 0.6 is 0 Å². The number of carboxylic acids is 1. The molecule has 2 fully saturated rings. The molecular weight excluding hydrogens is 220 g/mol.